The molecule has 1 amide bonds. The van der Waals surface area contributed by atoms with Gasteiger partial charge in [-0.25, -0.2) is 4.39 Å². The number of nitrogens with zero attached hydrogens (tertiary/aromatic N) is 2. The zero-order valence-electron chi connectivity index (χ0n) is 15.6. The van der Waals surface area contributed by atoms with Gasteiger partial charge in [-0.3, -0.25) is 19.7 Å². The molecule has 0 aliphatic heterocycles. The number of hydrogen-bond acceptors (Lipinski definition) is 5. The number of carbonyl (C=O) groups is 1. The highest BCUT2D eigenvalue weighted by atomic mass is 19.1. The van der Waals surface area contributed by atoms with Crippen molar-refractivity contribution in [2.24, 2.45) is 0 Å². The van der Waals surface area contributed by atoms with Gasteiger partial charge in [-0.1, -0.05) is 12.1 Å². The first-order valence-electron chi connectivity index (χ1n) is 8.74. The van der Waals surface area contributed by atoms with Crippen LogP contribution in [0.25, 0.3) is 10.9 Å². The fraction of sp³-hybridized carbons (Fsp3) is 0.200. The van der Waals surface area contributed by atoms with Crippen molar-refractivity contribution >= 4 is 22.5 Å². The molecule has 0 fully saturated rings. The lowest BCUT2D eigenvalue weighted by Gasteiger charge is -2.14. The number of aromatic nitrogens is 1. The highest BCUT2D eigenvalue weighted by Gasteiger charge is 2.18. The molecule has 0 radical (unpaired) electrons. The van der Waals surface area contributed by atoms with Gasteiger partial charge in [0, 0.05) is 38.5 Å². The largest absolute Gasteiger partial charge is 0.383 e. The van der Waals surface area contributed by atoms with Crippen molar-refractivity contribution in [2.45, 2.75) is 6.54 Å². The number of halogens is 1. The van der Waals surface area contributed by atoms with Gasteiger partial charge in [-0.05, 0) is 23.8 Å². The second-order valence-electron chi connectivity index (χ2n) is 6.33. The first kappa shape index (κ1) is 20.2. The lowest BCUT2D eigenvalue weighted by molar-refractivity contribution is -0.384. The summed E-state index contributed by atoms with van der Waals surface area (Å²) in [6.45, 7) is 0.724. The van der Waals surface area contributed by atoms with E-state index in [4.69, 9.17) is 4.74 Å². The van der Waals surface area contributed by atoms with Gasteiger partial charge in [0.15, 0.2) is 0 Å². The minimum atomic E-state index is -0.603. The van der Waals surface area contributed by atoms with Gasteiger partial charge in [-0.15, -0.1) is 0 Å². The maximum Gasteiger partial charge on any atom is 0.270 e. The molecule has 3 rings (SSSR count). The number of amides is 1. The first-order valence-corrected chi connectivity index (χ1v) is 8.74. The maximum atomic E-state index is 13.2. The summed E-state index contributed by atoms with van der Waals surface area (Å²) in [5, 5.41) is 13.8. The molecular formula is C20H18FN3O5. The Kier molecular flexibility index (Phi) is 5.99. The topological polar surface area (TPSA) is 103 Å². The Bertz CT molecular complexity index is 1130. The minimum Gasteiger partial charge on any atom is -0.383 e. The molecule has 0 saturated carbocycles. The smallest absolute Gasteiger partial charge is 0.270 e. The highest BCUT2D eigenvalue weighted by molar-refractivity contribution is 5.97. The van der Waals surface area contributed by atoms with Crippen LogP contribution < -0.4 is 10.7 Å². The van der Waals surface area contributed by atoms with Crippen LogP contribution in [0.1, 0.15) is 15.9 Å². The Balaban J connectivity index is 2.13. The van der Waals surface area contributed by atoms with E-state index in [-0.39, 0.29) is 42.2 Å². The van der Waals surface area contributed by atoms with Crippen molar-refractivity contribution in [2.75, 3.05) is 20.3 Å². The van der Waals surface area contributed by atoms with E-state index in [9.17, 15) is 24.1 Å². The Morgan fingerprint density at radius 3 is 2.62 bits per heavy atom. The van der Waals surface area contributed by atoms with Crippen molar-refractivity contribution in [1.82, 2.24) is 9.88 Å². The van der Waals surface area contributed by atoms with Crippen molar-refractivity contribution in [3.63, 3.8) is 0 Å². The summed E-state index contributed by atoms with van der Waals surface area (Å²) in [4.78, 5) is 35.9. The molecule has 0 saturated heterocycles. The standard InChI is InChI=1S/C20H18FN3O5/c1-29-9-8-22-20(26)17-12-23(11-13-2-4-14(21)5-3-13)18-7-6-15(24(27)28)10-16(18)19(17)25/h2-7,10,12H,8-9,11H2,1H3,(H,22,26). The molecule has 1 N–H and O–H groups in total. The van der Waals surface area contributed by atoms with Crippen molar-refractivity contribution in [1.29, 1.82) is 0 Å². The number of pyridine rings is 1. The van der Waals surface area contributed by atoms with Crippen molar-refractivity contribution < 1.29 is 18.8 Å². The molecule has 8 nitrogen and oxygen atoms in total. The van der Waals surface area contributed by atoms with Crippen molar-refractivity contribution in [3.05, 3.63) is 85.9 Å². The summed E-state index contributed by atoms with van der Waals surface area (Å²) < 4.78 is 19.7. The second-order valence-corrected chi connectivity index (χ2v) is 6.33. The fourth-order valence-corrected chi connectivity index (χ4v) is 2.94. The van der Waals surface area contributed by atoms with Crippen molar-refractivity contribution in [3.8, 4) is 0 Å². The predicted octanol–water partition coefficient (Wildman–Crippen LogP) is 2.47. The molecule has 0 unspecified atom stereocenters. The Hall–Kier alpha value is -3.59. The van der Waals surface area contributed by atoms with Crippen LogP contribution in [0.2, 0.25) is 0 Å². The van der Waals surface area contributed by atoms with Gasteiger partial charge in [0.05, 0.1) is 22.4 Å². The predicted molar refractivity (Wildman–Crippen MR) is 105 cm³/mol. The molecule has 0 aliphatic rings. The van der Waals surface area contributed by atoms with Gasteiger partial charge in [-0.2, -0.15) is 0 Å². The summed E-state index contributed by atoms with van der Waals surface area (Å²) >= 11 is 0. The monoisotopic (exact) mass is 399 g/mol. The maximum absolute atomic E-state index is 13.2. The molecule has 29 heavy (non-hydrogen) atoms. The summed E-state index contributed by atoms with van der Waals surface area (Å²) in [7, 11) is 1.48. The lowest BCUT2D eigenvalue weighted by atomic mass is 10.1. The molecule has 0 bridgehead atoms. The van der Waals surface area contributed by atoms with Gasteiger partial charge in [0.2, 0.25) is 5.43 Å². The van der Waals surface area contributed by atoms with E-state index in [1.165, 1.54) is 37.6 Å². The van der Waals surface area contributed by atoms with Crippen LogP contribution in [-0.4, -0.2) is 35.7 Å². The molecule has 3 aromatic rings. The van der Waals surface area contributed by atoms with E-state index in [1.54, 1.807) is 16.7 Å². The third-order valence-corrected chi connectivity index (χ3v) is 4.38. The highest BCUT2D eigenvalue weighted by Crippen LogP contribution is 2.20. The van der Waals surface area contributed by atoms with Gasteiger partial charge in [0.1, 0.15) is 11.4 Å². The van der Waals surface area contributed by atoms with E-state index < -0.39 is 16.3 Å². The molecule has 0 spiro atoms. The number of benzene rings is 2. The number of non-ortho nitro benzene ring substituents is 1. The summed E-state index contributed by atoms with van der Waals surface area (Å²) in [6, 6.07) is 9.70. The van der Waals surface area contributed by atoms with Crippen LogP contribution in [0.4, 0.5) is 10.1 Å². The van der Waals surface area contributed by atoms with Gasteiger partial charge < -0.3 is 14.6 Å². The summed E-state index contributed by atoms with van der Waals surface area (Å²) in [5.74, 6) is -0.985. The molecule has 1 aromatic heterocycles. The molecule has 2 aromatic carbocycles. The zero-order chi connectivity index (χ0) is 21.0. The van der Waals surface area contributed by atoms with E-state index in [1.807, 2.05) is 0 Å². The third kappa shape index (κ3) is 4.46. The van der Waals surface area contributed by atoms with E-state index in [0.717, 1.165) is 11.6 Å². The van der Waals surface area contributed by atoms with Crippen LogP contribution >= 0.6 is 0 Å². The zero-order valence-corrected chi connectivity index (χ0v) is 15.6. The average Bonchev–Trinajstić information content (AvgIpc) is 2.71. The summed E-state index contributed by atoms with van der Waals surface area (Å²) in [5.41, 5.74) is 0.170. The van der Waals surface area contributed by atoms with Crippen LogP contribution in [-0.2, 0) is 11.3 Å². The van der Waals surface area contributed by atoms with Gasteiger partial charge in [0.25, 0.3) is 11.6 Å². The number of carbonyl (C=O) groups excluding carboxylic acids is 1. The van der Waals surface area contributed by atoms with Crippen LogP contribution in [0.15, 0.2) is 53.5 Å². The molecule has 1 heterocycles. The molecule has 9 heteroatoms. The van der Waals surface area contributed by atoms with E-state index in [0.29, 0.717) is 5.52 Å². The normalized spacial score (nSPS) is 10.8. The molecule has 150 valence electrons. The second kappa shape index (κ2) is 8.61. The number of ether oxygens (including phenoxy) is 1. The Labute approximate surface area is 164 Å². The Morgan fingerprint density at radius 2 is 1.97 bits per heavy atom. The molecule has 0 aliphatic carbocycles. The van der Waals surface area contributed by atoms with E-state index >= 15 is 0 Å². The summed E-state index contributed by atoms with van der Waals surface area (Å²) in [6.07, 6.45) is 1.40. The van der Waals surface area contributed by atoms with Gasteiger partial charge >= 0.3 is 0 Å². The Morgan fingerprint density at radius 1 is 1.24 bits per heavy atom. The third-order valence-electron chi connectivity index (χ3n) is 4.38. The number of hydrogen-bond donors (Lipinski definition) is 1. The van der Waals surface area contributed by atoms with Crippen LogP contribution in [0.3, 0.4) is 0 Å². The number of nitro benzene ring substituents is 1. The number of rotatable bonds is 7. The number of fused-ring (bicyclic) bond motifs is 1. The fourth-order valence-electron chi connectivity index (χ4n) is 2.94. The SMILES string of the molecule is COCCNC(=O)c1cn(Cc2ccc(F)cc2)c2ccc([N+](=O)[O-])cc2c1=O. The van der Waals surface area contributed by atoms with Crippen LogP contribution in [0, 0.1) is 15.9 Å². The number of nitrogens with one attached hydrogen (secondary N) is 1. The number of nitro groups is 1. The van der Waals surface area contributed by atoms with E-state index in [2.05, 4.69) is 5.32 Å². The molecular weight excluding hydrogens is 381 g/mol. The molecule has 0 atom stereocenters. The minimum absolute atomic E-state index is 0.0562. The number of methoxy groups -OCH3 is 1. The average molecular weight is 399 g/mol. The lowest BCUT2D eigenvalue weighted by Crippen LogP contribution is -2.32. The first-order chi connectivity index (χ1) is 13.9. The quantitative estimate of drug-likeness (QED) is 0.373. The van der Waals surface area contributed by atoms with Crippen LogP contribution in [0.5, 0.6) is 0 Å².